The summed E-state index contributed by atoms with van der Waals surface area (Å²) >= 11 is 5.72. The van der Waals surface area contributed by atoms with Crippen LogP contribution in [0.2, 0.25) is 5.02 Å². The maximum absolute atomic E-state index is 11.8. The fourth-order valence-electron chi connectivity index (χ4n) is 1.62. The number of nitrogens with zero attached hydrogens (tertiary/aromatic N) is 2. The Kier molecular flexibility index (Phi) is 6.46. The molecule has 0 aliphatic carbocycles. The van der Waals surface area contributed by atoms with Crippen molar-refractivity contribution in [3.05, 3.63) is 40.4 Å². The van der Waals surface area contributed by atoms with Crippen molar-refractivity contribution in [3.8, 4) is 0 Å². The number of benzene rings is 1. The van der Waals surface area contributed by atoms with Gasteiger partial charge in [-0.25, -0.2) is 4.79 Å². The van der Waals surface area contributed by atoms with Crippen LogP contribution in [0, 0.1) is 0 Å². The summed E-state index contributed by atoms with van der Waals surface area (Å²) in [6, 6.07) is 6.41. The van der Waals surface area contributed by atoms with Crippen molar-refractivity contribution in [2.75, 3.05) is 7.11 Å². The van der Waals surface area contributed by atoms with Crippen molar-refractivity contribution < 1.29 is 23.9 Å². The molecule has 0 heterocycles. The molecule has 0 amide bonds. The van der Waals surface area contributed by atoms with E-state index in [4.69, 9.17) is 17.1 Å². The van der Waals surface area contributed by atoms with Crippen LogP contribution in [0.5, 0.6) is 0 Å². The number of esters is 1. The Morgan fingerprint density at radius 2 is 1.81 bits per heavy atom. The zero-order valence-electron chi connectivity index (χ0n) is 11.3. The Morgan fingerprint density at radius 1 is 1.19 bits per heavy atom. The van der Waals surface area contributed by atoms with E-state index < -0.39 is 17.5 Å². The van der Waals surface area contributed by atoms with Crippen LogP contribution in [-0.2, 0) is 14.3 Å². The Bertz CT molecular complexity index is 604. The first-order chi connectivity index (χ1) is 9.99. The highest BCUT2D eigenvalue weighted by Crippen LogP contribution is 2.12. The summed E-state index contributed by atoms with van der Waals surface area (Å²) in [6.07, 6.45) is 0.275. The van der Waals surface area contributed by atoms with Gasteiger partial charge in [-0.1, -0.05) is 11.6 Å². The molecular formula is C14H13ClN2O4. The molecule has 0 spiro atoms. The van der Waals surface area contributed by atoms with E-state index in [0.29, 0.717) is 10.6 Å². The number of carbonyl (C=O) groups excluding carboxylic acids is 3. The van der Waals surface area contributed by atoms with Gasteiger partial charge in [-0.2, -0.15) is 4.79 Å². The number of halogens is 1. The minimum Gasteiger partial charge on any atom is -0.460 e. The molecule has 0 saturated heterocycles. The predicted molar refractivity (Wildman–Crippen MR) is 75.3 cm³/mol. The van der Waals surface area contributed by atoms with Crippen molar-refractivity contribution in [1.29, 1.82) is 0 Å². The van der Waals surface area contributed by atoms with Crippen molar-refractivity contribution in [2.45, 2.75) is 19.3 Å². The van der Waals surface area contributed by atoms with E-state index in [-0.39, 0.29) is 25.0 Å². The number of ketones is 2. The molecule has 0 unspecified atom stereocenters. The summed E-state index contributed by atoms with van der Waals surface area (Å²) in [7, 11) is 1.07. The number of rotatable bonds is 7. The van der Waals surface area contributed by atoms with E-state index in [2.05, 4.69) is 9.53 Å². The Balaban J connectivity index is 2.51. The molecule has 0 bridgehead atoms. The first kappa shape index (κ1) is 16.8. The van der Waals surface area contributed by atoms with Crippen LogP contribution in [-0.4, -0.2) is 35.1 Å². The molecule has 1 aromatic carbocycles. The van der Waals surface area contributed by atoms with Gasteiger partial charge in [-0.05, 0) is 30.7 Å². The smallest absolute Gasteiger partial charge is 0.441 e. The van der Waals surface area contributed by atoms with Crippen molar-refractivity contribution >= 4 is 34.8 Å². The molecule has 1 aromatic rings. The lowest BCUT2D eigenvalue weighted by Gasteiger charge is -2.00. The molecule has 0 radical (unpaired) electrons. The topological polar surface area (TPSA) is 96.8 Å². The van der Waals surface area contributed by atoms with Crippen LogP contribution in [0.1, 0.15) is 29.6 Å². The number of methoxy groups -OCH3 is 1. The summed E-state index contributed by atoms with van der Waals surface area (Å²) in [5.41, 5.74) is 8.42. The van der Waals surface area contributed by atoms with E-state index in [9.17, 15) is 14.4 Å². The van der Waals surface area contributed by atoms with Crippen molar-refractivity contribution in [3.63, 3.8) is 0 Å². The number of ether oxygens (including phenoxy) is 1. The van der Waals surface area contributed by atoms with Gasteiger partial charge in [0.2, 0.25) is 0 Å². The fraction of sp³-hybridized carbons (Fsp3) is 0.286. The highest BCUT2D eigenvalue weighted by Gasteiger charge is 2.29. The predicted octanol–water partition coefficient (Wildman–Crippen LogP) is 2.11. The zero-order valence-corrected chi connectivity index (χ0v) is 12.1. The van der Waals surface area contributed by atoms with Gasteiger partial charge in [0.1, 0.15) is 0 Å². The summed E-state index contributed by atoms with van der Waals surface area (Å²) in [4.78, 5) is 37.2. The molecule has 0 N–H and O–H groups in total. The molecule has 0 saturated carbocycles. The third kappa shape index (κ3) is 4.95. The molecule has 0 aliphatic rings. The van der Waals surface area contributed by atoms with Crippen LogP contribution in [0.15, 0.2) is 24.3 Å². The van der Waals surface area contributed by atoms with Gasteiger partial charge in [0, 0.05) is 23.4 Å². The van der Waals surface area contributed by atoms with E-state index in [1.54, 1.807) is 24.3 Å². The second-order valence-electron chi connectivity index (χ2n) is 4.15. The van der Waals surface area contributed by atoms with E-state index in [1.165, 1.54) is 0 Å². The maximum Gasteiger partial charge on any atom is 0.441 e. The molecule has 6 nitrogen and oxygen atoms in total. The van der Waals surface area contributed by atoms with Gasteiger partial charge in [-0.3, -0.25) is 9.59 Å². The minimum atomic E-state index is -1.01. The second kappa shape index (κ2) is 8.09. The average molecular weight is 309 g/mol. The Morgan fingerprint density at radius 3 is 2.33 bits per heavy atom. The molecule has 0 atom stereocenters. The number of Topliss-reactive ketones (excluding diaryl/α,β-unsaturated/α-hetero) is 2. The van der Waals surface area contributed by atoms with Crippen LogP contribution in [0.4, 0.5) is 0 Å². The van der Waals surface area contributed by atoms with Gasteiger partial charge in [0.15, 0.2) is 5.78 Å². The molecule has 110 valence electrons. The van der Waals surface area contributed by atoms with E-state index >= 15 is 0 Å². The summed E-state index contributed by atoms with van der Waals surface area (Å²) in [5.74, 6) is -1.82. The lowest BCUT2D eigenvalue weighted by Crippen LogP contribution is -2.26. The van der Waals surface area contributed by atoms with Crippen LogP contribution in [0.25, 0.3) is 5.53 Å². The highest BCUT2D eigenvalue weighted by molar-refractivity contribution is 6.62. The molecule has 1 rings (SSSR count). The van der Waals surface area contributed by atoms with Gasteiger partial charge < -0.3 is 10.3 Å². The highest BCUT2D eigenvalue weighted by atomic mass is 35.5. The molecular weight excluding hydrogens is 296 g/mol. The Hall–Kier alpha value is -2.30. The molecule has 0 aromatic heterocycles. The SMILES string of the molecule is COC(=O)C(=[N+]=[N-])C(=O)CCCC(=O)c1ccc(Cl)cc1. The third-order valence-electron chi connectivity index (χ3n) is 2.72. The normalized spacial score (nSPS) is 9.62. The van der Waals surface area contributed by atoms with Crippen molar-refractivity contribution in [2.24, 2.45) is 0 Å². The largest absolute Gasteiger partial charge is 0.460 e. The van der Waals surface area contributed by atoms with Gasteiger partial charge in [0.25, 0.3) is 5.78 Å². The van der Waals surface area contributed by atoms with E-state index in [0.717, 1.165) is 7.11 Å². The third-order valence-corrected chi connectivity index (χ3v) is 2.97. The first-order valence-corrected chi connectivity index (χ1v) is 6.49. The number of hydrogen-bond acceptors (Lipinski definition) is 4. The fourth-order valence-corrected chi connectivity index (χ4v) is 1.74. The second-order valence-corrected chi connectivity index (χ2v) is 4.58. The van der Waals surface area contributed by atoms with Crippen LogP contribution >= 0.6 is 11.6 Å². The summed E-state index contributed by atoms with van der Waals surface area (Å²) in [5, 5.41) is 0.531. The summed E-state index contributed by atoms with van der Waals surface area (Å²) < 4.78 is 4.30. The van der Waals surface area contributed by atoms with E-state index in [1.807, 2.05) is 0 Å². The molecule has 7 heteroatoms. The van der Waals surface area contributed by atoms with Crippen molar-refractivity contribution in [1.82, 2.24) is 0 Å². The quantitative estimate of drug-likeness (QED) is 0.192. The number of carbonyl (C=O) groups is 3. The van der Waals surface area contributed by atoms with Gasteiger partial charge in [0.05, 0.1) is 7.11 Å². The average Bonchev–Trinajstić information content (AvgIpc) is 2.48. The van der Waals surface area contributed by atoms with Gasteiger partial charge >= 0.3 is 11.7 Å². The maximum atomic E-state index is 11.8. The minimum absolute atomic E-state index is 0.0895. The van der Waals surface area contributed by atoms with Crippen LogP contribution in [0.3, 0.4) is 0 Å². The standard InChI is InChI=1S/C14H13ClN2O4/c1-21-14(20)13(17-16)12(19)4-2-3-11(18)9-5-7-10(15)8-6-9/h5-8H,2-4H2,1H3. The lowest BCUT2D eigenvalue weighted by atomic mass is 10.0. The van der Waals surface area contributed by atoms with Crippen LogP contribution < -0.4 is 0 Å². The monoisotopic (exact) mass is 308 g/mol. The summed E-state index contributed by atoms with van der Waals surface area (Å²) in [6.45, 7) is 0. The first-order valence-electron chi connectivity index (χ1n) is 6.12. The molecule has 0 aliphatic heterocycles. The van der Waals surface area contributed by atoms with Gasteiger partial charge in [-0.15, -0.1) is 0 Å². The zero-order chi connectivity index (χ0) is 15.8. The molecule has 0 fully saturated rings. The lowest BCUT2D eigenvalue weighted by molar-refractivity contribution is -0.139. The Labute approximate surface area is 126 Å². The molecule has 21 heavy (non-hydrogen) atoms. The number of hydrogen-bond donors (Lipinski definition) is 0.